The lowest BCUT2D eigenvalue weighted by Crippen LogP contribution is -2.62. The molecule has 4 saturated carbocycles. The van der Waals surface area contributed by atoms with Crippen molar-refractivity contribution in [1.82, 2.24) is 0 Å². The first kappa shape index (κ1) is 6.44. The van der Waals surface area contributed by atoms with Crippen molar-refractivity contribution in [3.63, 3.8) is 0 Å². The Morgan fingerprint density at radius 2 is 1.69 bits per heavy atom. The van der Waals surface area contributed by atoms with Gasteiger partial charge < -0.3 is 5.72 Å². The second-order valence-electron chi connectivity index (χ2n) is 6.85. The summed E-state index contributed by atoms with van der Waals surface area (Å²) >= 11 is 0. The molecule has 2 unspecified atom stereocenters. The van der Waals surface area contributed by atoms with Crippen LogP contribution in [0.25, 0.3) is 0 Å². The number of rotatable bonds is 1. The molecule has 74 valence electrons. The molecule has 0 heterocycles. The van der Waals surface area contributed by atoms with Crippen LogP contribution < -0.4 is 5.72 Å². The van der Waals surface area contributed by atoms with Gasteiger partial charge in [0, 0.05) is 5.54 Å². The average Bonchev–Trinajstić information content (AvgIpc) is 1.95. The predicted octanol–water partition coefficient (Wildman–Crippen LogP) is 2.69. The summed E-state index contributed by atoms with van der Waals surface area (Å²) in [6.07, 6.45) is 7.28. The molecule has 13 heavy (non-hydrogen) atoms. The van der Waals surface area contributed by atoms with Crippen LogP contribution in [0.15, 0.2) is 0 Å². The van der Waals surface area contributed by atoms with Crippen LogP contribution in [0.3, 0.4) is 0 Å². The molecule has 0 aromatic rings. The van der Waals surface area contributed by atoms with Gasteiger partial charge in [0.1, 0.15) is 2.82 Å². The smallest absolute Gasteiger partial charge is 0.119 e. The molecule has 1 heteroatoms. The first-order valence-electron chi connectivity index (χ1n) is 6.52. The van der Waals surface area contributed by atoms with Crippen molar-refractivity contribution in [3.8, 4) is 0 Å². The molecule has 0 spiro atoms. The fraction of sp³-hybridized carbons (Fsp3) is 1.00. The summed E-state index contributed by atoms with van der Waals surface area (Å²) in [5, 5.41) is 0. The molecule has 0 saturated heterocycles. The number of hydrogen-bond acceptors (Lipinski definition) is 1. The van der Waals surface area contributed by atoms with Gasteiger partial charge in [0.05, 0.1) is 0 Å². The van der Waals surface area contributed by atoms with Crippen molar-refractivity contribution in [3.05, 3.63) is 0 Å². The summed E-state index contributed by atoms with van der Waals surface area (Å²) in [7, 11) is 0. The molecule has 0 radical (unpaired) electrons. The number of hydrogen-bond donors (Lipinski definition) is 1. The quantitative estimate of drug-likeness (QED) is 0.661. The highest BCUT2D eigenvalue weighted by atomic mass is 14.8. The molecule has 4 fully saturated rings. The molecule has 4 aliphatic rings. The minimum atomic E-state index is -0.108. The minimum Gasteiger partial charge on any atom is -0.325 e. The predicted molar refractivity (Wildman–Crippen MR) is 54.3 cm³/mol. The van der Waals surface area contributed by atoms with Gasteiger partial charge in [0.15, 0.2) is 0 Å². The standard InChI is InChI=1S/C12H21N/c1-10-3-9-4-11(2,6-10)8-12(13,5-9)7-10/h9H,3-8,13H2,1-2H3/i/hD2. The third-order valence-electron chi connectivity index (χ3n) is 4.60. The Kier molecular flexibility index (Phi) is 0.980. The fourth-order valence-corrected chi connectivity index (χ4v) is 5.39. The van der Waals surface area contributed by atoms with E-state index in [-0.39, 0.29) is 5.54 Å². The van der Waals surface area contributed by atoms with Gasteiger partial charge >= 0.3 is 0 Å². The van der Waals surface area contributed by atoms with Crippen LogP contribution in [0.5, 0.6) is 0 Å². The van der Waals surface area contributed by atoms with Gasteiger partial charge in [-0.1, -0.05) is 13.8 Å². The highest BCUT2D eigenvalue weighted by molar-refractivity contribution is 5.12. The second kappa shape index (κ2) is 1.98. The summed E-state index contributed by atoms with van der Waals surface area (Å²) in [5.74, 6) is 0.787. The zero-order chi connectivity index (χ0) is 10.9. The lowest BCUT2D eigenvalue weighted by Gasteiger charge is -2.64. The van der Waals surface area contributed by atoms with Crippen molar-refractivity contribution >= 4 is 0 Å². The zero-order valence-electron chi connectivity index (χ0n) is 10.8. The lowest BCUT2D eigenvalue weighted by atomic mass is 9.43. The summed E-state index contributed by atoms with van der Waals surface area (Å²) in [5.41, 5.74) is 1.79. The monoisotopic (exact) mass is 181 g/mol. The van der Waals surface area contributed by atoms with Crippen molar-refractivity contribution < 1.29 is 2.82 Å². The molecule has 0 aromatic carbocycles. The van der Waals surface area contributed by atoms with Crippen molar-refractivity contribution in [2.24, 2.45) is 22.5 Å². The molecule has 4 bridgehead atoms. The van der Waals surface area contributed by atoms with Crippen molar-refractivity contribution in [2.45, 2.75) is 57.9 Å². The van der Waals surface area contributed by atoms with E-state index < -0.39 is 0 Å². The first-order valence-corrected chi connectivity index (χ1v) is 5.63. The third-order valence-corrected chi connectivity index (χ3v) is 4.60. The topological polar surface area (TPSA) is 26.0 Å². The largest absolute Gasteiger partial charge is 0.325 e. The third kappa shape index (κ3) is 1.09. The lowest BCUT2D eigenvalue weighted by molar-refractivity contribution is -0.104. The van der Waals surface area contributed by atoms with Crippen LogP contribution in [0.4, 0.5) is 0 Å². The fourth-order valence-electron chi connectivity index (χ4n) is 5.39. The molecular weight excluding hydrogens is 158 g/mol. The van der Waals surface area contributed by atoms with E-state index in [1.165, 1.54) is 19.3 Å². The molecule has 0 aliphatic heterocycles. The van der Waals surface area contributed by atoms with Crippen LogP contribution in [0, 0.1) is 16.7 Å². The molecule has 2 N–H and O–H groups in total. The Hall–Kier alpha value is -0.0400. The Labute approximate surface area is 84.0 Å². The van der Waals surface area contributed by atoms with E-state index in [2.05, 4.69) is 13.8 Å². The van der Waals surface area contributed by atoms with E-state index in [1.807, 2.05) is 0 Å². The Morgan fingerprint density at radius 3 is 2.15 bits per heavy atom. The van der Waals surface area contributed by atoms with Gasteiger partial charge in [-0.3, -0.25) is 0 Å². The van der Waals surface area contributed by atoms with Gasteiger partial charge in [-0.2, -0.15) is 0 Å². The van der Waals surface area contributed by atoms with E-state index in [4.69, 9.17) is 2.82 Å². The number of nitrogens with two attached hydrogens (primary N) is 1. The Morgan fingerprint density at radius 1 is 1.08 bits per heavy atom. The van der Waals surface area contributed by atoms with Crippen LogP contribution >= 0.6 is 0 Å². The first-order chi connectivity index (χ1) is 6.85. The van der Waals surface area contributed by atoms with E-state index in [1.54, 1.807) is 0 Å². The minimum absolute atomic E-state index is 0.108. The molecule has 0 aromatic heterocycles. The summed E-state index contributed by atoms with van der Waals surface area (Å²) in [4.78, 5) is 0. The van der Waals surface area contributed by atoms with E-state index in [0.29, 0.717) is 10.8 Å². The van der Waals surface area contributed by atoms with E-state index >= 15 is 0 Å². The van der Waals surface area contributed by atoms with E-state index in [0.717, 1.165) is 30.9 Å². The highest BCUT2D eigenvalue weighted by Gasteiger charge is 2.58. The summed E-state index contributed by atoms with van der Waals surface area (Å²) < 4.78 is 15.5. The van der Waals surface area contributed by atoms with E-state index in [9.17, 15) is 0 Å². The molecule has 0 amide bonds. The zero-order valence-corrected chi connectivity index (χ0v) is 8.77. The normalized spacial score (nSPS) is 66.8. The van der Waals surface area contributed by atoms with Crippen LogP contribution in [-0.2, 0) is 0 Å². The second-order valence-corrected chi connectivity index (χ2v) is 6.85. The van der Waals surface area contributed by atoms with Gasteiger partial charge in [0.2, 0.25) is 0 Å². The molecule has 4 aliphatic carbocycles. The summed E-state index contributed by atoms with van der Waals surface area (Å²) in [6.45, 7) is 4.77. The van der Waals surface area contributed by atoms with Crippen molar-refractivity contribution in [1.29, 1.82) is 0 Å². The molecule has 4 rings (SSSR count). The highest BCUT2D eigenvalue weighted by Crippen LogP contribution is 2.65. The Bertz CT molecular complexity index is 284. The van der Waals surface area contributed by atoms with Gasteiger partial charge in [-0.25, -0.2) is 0 Å². The molecule has 2 atom stereocenters. The van der Waals surface area contributed by atoms with Crippen molar-refractivity contribution in [2.75, 3.05) is 0 Å². The molecule has 1 nitrogen and oxygen atoms in total. The SMILES string of the molecule is [2H]N([2H])C12CC3CC(C)(CC(C)(C3)C1)C2. The maximum Gasteiger partial charge on any atom is 0.119 e. The molecular formula is C12H21N. The van der Waals surface area contributed by atoms with Crippen LogP contribution in [0.1, 0.15) is 52.4 Å². The van der Waals surface area contributed by atoms with Crippen LogP contribution in [0.2, 0.25) is 2.82 Å². The van der Waals surface area contributed by atoms with Crippen LogP contribution in [-0.4, -0.2) is 5.54 Å². The Balaban J connectivity index is 2.02. The maximum atomic E-state index is 7.73. The van der Waals surface area contributed by atoms with Gasteiger partial charge in [0.25, 0.3) is 0 Å². The maximum absolute atomic E-state index is 7.73. The average molecular weight is 181 g/mol. The summed E-state index contributed by atoms with van der Waals surface area (Å²) in [6, 6.07) is 0. The van der Waals surface area contributed by atoms with Gasteiger partial charge in [-0.15, -0.1) is 0 Å². The van der Waals surface area contributed by atoms with Gasteiger partial charge in [-0.05, 0) is 55.3 Å².